The third kappa shape index (κ3) is 6.34. The molecule has 44 heavy (non-hydrogen) atoms. The molecular formula is C33H29IN2O7S. The number of thiazole rings is 1. The zero-order valence-corrected chi connectivity index (χ0v) is 27.4. The van der Waals surface area contributed by atoms with Gasteiger partial charge in [-0.1, -0.05) is 53.8 Å². The number of rotatable bonds is 9. The van der Waals surface area contributed by atoms with Gasteiger partial charge in [-0.2, -0.15) is 0 Å². The molecule has 4 aromatic rings. The van der Waals surface area contributed by atoms with E-state index < -0.39 is 18.0 Å². The summed E-state index contributed by atoms with van der Waals surface area (Å²) in [6, 6.07) is 19.3. The second-order valence-electron chi connectivity index (χ2n) is 9.56. The molecule has 9 nitrogen and oxygen atoms in total. The molecular weight excluding hydrogens is 695 g/mol. The Labute approximate surface area is 271 Å². The van der Waals surface area contributed by atoms with Crippen molar-refractivity contribution in [3.8, 4) is 17.2 Å². The quantitative estimate of drug-likeness (QED) is 0.138. The van der Waals surface area contributed by atoms with Crippen LogP contribution in [0.3, 0.4) is 0 Å². The molecule has 0 saturated carbocycles. The molecule has 0 fully saturated rings. The Balaban J connectivity index is 1.79. The SMILES string of the molecule is CCOC(=O)C1=C(c2ccccc2)N=c2s/c(=C\c3cc(I)c(OC(C)=O)c(OCC)c3)c(=O)n2[C@@H]1c1cccc(OC)c1. The van der Waals surface area contributed by atoms with Crippen LogP contribution in [-0.2, 0) is 14.3 Å². The predicted molar refractivity (Wildman–Crippen MR) is 176 cm³/mol. The molecule has 1 aliphatic heterocycles. The van der Waals surface area contributed by atoms with Crippen molar-refractivity contribution in [2.45, 2.75) is 26.8 Å². The van der Waals surface area contributed by atoms with Gasteiger partial charge in [-0.25, -0.2) is 9.79 Å². The van der Waals surface area contributed by atoms with Gasteiger partial charge >= 0.3 is 11.9 Å². The van der Waals surface area contributed by atoms with Gasteiger partial charge in [0, 0.05) is 12.5 Å². The van der Waals surface area contributed by atoms with Crippen LogP contribution in [0.5, 0.6) is 17.2 Å². The minimum Gasteiger partial charge on any atom is -0.497 e. The van der Waals surface area contributed by atoms with Crippen LogP contribution in [0.1, 0.15) is 43.5 Å². The average Bonchev–Trinajstić information content (AvgIpc) is 3.32. The molecule has 3 aromatic carbocycles. The van der Waals surface area contributed by atoms with Crippen LogP contribution >= 0.6 is 33.9 Å². The summed E-state index contributed by atoms with van der Waals surface area (Å²) in [7, 11) is 1.56. The monoisotopic (exact) mass is 724 g/mol. The summed E-state index contributed by atoms with van der Waals surface area (Å²) in [5.41, 5.74) is 2.42. The number of carbonyl (C=O) groups is 2. The number of nitrogens with zero attached hydrogens (tertiary/aromatic N) is 2. The van der Waals surface area contributed by atoms with Gasteiger partial charge in [-0.15, -0.1) is 0 Å². The molecule has 2 heterocycles. The summed E-state index contributed by atoms with van der Waals surface area (Å²) in [4.78, 5) is 44.9. The zero-order chi connectivity index (χ0) is 31.4. The van der Waals surface area contributed by atoms with E-state index in [1.54, 1.807) is 44.4 Å². The van der Waals surface area contributed by atoms with E-state index in [-0.39, 0.29) is 17.7 Å². The Hall–Kier alpha value is -4.23. The van der Waals surface area contributed by atoms with Gasteiger partial charge in [0.2, 0.25) is 0 Å². The number of halogens is 1. The van der Waals surface area contributed by atoms with Crippen LogP contribution in [0, 0.1) is 3.57 Å². The fourth-order valence-electron chi connectivity index (χ4n) is 4.90. The molecule has 0 saturated heterocycles. The highest BCUT2D eigenvalue weighted by atomic mass is 127. The molecule has 5 rings (SSSR count). The summed E-state index contributed by atoms with van der Waals surface area (Å²) < 4.78 is 24.7. The number of carbonyl (C=O) groups excluding carboxylic acids is 2. The van der Waals surface area contributed by atoms with Crippen molar-refractivity contribution in [1.29, 1.82) is 0 Å². The van der Waals surface area contributed by atoms with Crippen LogP contribution in [0.25, 0.3) is 11.8 Å². The van der Waals surface area contributed by atoms with Crippen LogP contribution in [-0.4, -0.2) is 36.8 Å². The number of fused-ring (bicyclic) bond motifs is 1. The Morgan fingerprint density at radius 2 is 1.82 bits per heavy atom. The second kappa shape index (κ2) is 13.6. The van der Waals surface area contributed by atoms with E-state index in [1.165, 1.54) is 22.8 Å². The van der Waals surface area contributed by atoms with Crippen molar-refractivity contribution >= 4 is 57.6 Å². The van der Waals surface area contributed by atoms with E-state index in [0.717, 1.165) is 5.56 Å². The first kappa shape index (κ1) is 31.2. The number of esters is 2. The maximum Gasteiger partial charge on any atom is 0.338 e. The highest BCUT2D eigenvalue weighted by molar-refractivity contribution is 14.1. The third-order valence-electron chi connectivity index (χ3n) is 6.66. The van der Waals surface area contributed by atoms with Gasteiger partial charge in [0.05, 0.1) is 45.7 Å². The van der Waals surface area contributed by atoms with Crippen LogP contribution < -0.4 is 29.1 Å². The van der Waals surface area contributed by atoms with Crippen molar-refractivity contribution in [2.24, 2.45) is 4.99 Å². The standard InChI is InChI=1S/C33H29IN2O7S/c1-5-41-25-16-20(15-24(34)30(25)43-19(3)37)17-26-31(38)36-29(22-13-10-14-23(18-22)40-4)27(32(39)42-6-2)28(35-33(36)44-26)21-11-8-7-9-12-21/h7-18,29H,5-6H2,1-4H3/b26-17-/t29-/m1/s1. The molecule has 1 aromatic heterocycles. The van der Waals surface area contributed by atoms with Crippen molar-refractivity contribution < 1.29 is 28.5 Å². The summed E-state index contributed by atoms with van der Waals surface area (Å²) >= 11 is 3.28. The molecule has 1 atom stereocenters. The summed E-state index contributed by atoms with van der Waals surface area (Å²) in [5.74, 6) is 0.266. The number of methoxy groups -OCH3 is 1. The molecule has 0 N–H and O–H groups in total. The van der Waals surface area contributed by atoms with E-state index >= 15 is 0 Å². The van der Waals surface area contributed by atoms with E-state index in [2.05, 4.69) is 22.6 Å². The molecule has 0 spiro atoms. The summed E-state index contributed by atoms with van der Waals surface area (Å²) in [6.45, 7) is 5.41. The first-order chi connectivity index (χ1) is 21.2. The van der Waals surface area contributed by atoms with Crippen molar-refractivity contribution in [2.75, 3.05) is 20.3 Å². The lowest BCUT2D eigenvalue weighted by Gasteiger charge is -2.26. The van der Waals surface area contributed by atoms with E-state index in [4.69, 9.17) is 23.9 Å². The minimum atomic E-state index is -0.830. The molecule has 0 aliphatic carbocycles. The Kier molecular flexibility index (Phi) is 9.64. The lowest BCUT2D eigenvalue weighted by molar-refractivity contribution is -0.139. The van der Waals surface area contributed by atoms with Crippen molar-refractivity contribution in [1.82, 2.24) is 4.57 Å². The van der Waals surface area contributed by atoms with E-state index in [1.807, 2.05) is 49.4 Å². The van der Waals surface area contributed by atoms with Gasteiger partial charge in [0.1, 0.15) is 5.75 Å². The van der Waals surface area contributed by atoms with Crippen LogP contribution in [0.15, 0.2) is 82.1 Å². The molecule has 11 heteroatoms. The minimum absolute atomic E-state index is 0.157. The van der Waals surface area contributed by atoms with Gasteiger partial charge in [0.15, 0.2) is 16.3 Å². The molecule has 0 radical (unpaired) electrons. The molecule has 0 unspecified atom stereocenters. The summed E-state index contributed by atoms with van der Waals surface area (Å²) in [5, 5.41) is 0. The lowest BCUT2D eigenvalue weighted by Crippen LogP contribution is -2.40. The van der Waals surface area contributed by atoms with Gasteiger partial charge in [-0.3, -0.25) is 14.2 Å². The number of benzene rings is 3. The highest BCUT2D eigenvalue weighted by Crippen LogP contribution is 2.37. The van der Waals surface area contributed by atoms with Gasteiger partial charge in [0.25, 0.3) is 5.56 Å². The first-order valence-corrected chi connectivity index (χ1v) is 15.7. The van der Waals surface area contributed by atoms with Crippen molar-refractivity contribution in [3.05, 3.63) is 112 Å². The van der Waals surface area contributed by atoms with Crippen LogP contribution in [0.4, 0.5) is 0 Å². The molecule has 1 aliphatic rings. The Bertz CT molecular complexity index is 1950. The zero-order valence-electron chi connectivity index (χ0n) is 24.5. The van der Waals surface area contributed by atoms with Crippen molar-refractivity contribution in [3.63, 3.8) is 0 Å². The topological polar surface area (TPSA) is 105 Å². The largest absolute Gasteiger partial charge is 0.497 e. The lowest BCUT2D eigenvalue weighted by atomic mass is 9.93. The van der Waals surface area contributed by atoms with Gasteiger partial charge in [-0.05, 0) is 77.9 Å². The average molecular weight is 725 g/mol. The van der Waals surface area contributed by atoms with E-state index in [0.29, 0.717) is 53.6 Å². The number of aromatic nitrogens is 1. The Morgan fingerprint density at radius 1 is 1.05 bits per heavy atom. The number of hydrogen-bond donors (Lipinski definition) is 0. The smallest absolute Gasteiger partial charge is 0.338 e. The second-order valence-corrected chi connectivity index (χ2v) is 11.7. The van der Waals surface area contributed by atoms with E-state index in [9.17, 15) is 14.4 Å². The predicted octanol–water partition coefficient (Wildman–Crippen LogP) is 4.87. The Morgan fingerprint density at radius 3 is 2.50 bits per heavy atom. The van der Waals surface area contributed by atoms with Crippen LogP contribution in [0.2, 0.25) is 0 Å². The maximum absolute atomic E-state index is 14.2. The first-order valence-electron chi connectivity index (χ1n) is 13.8. The highest BCUT2D eigenvalue weighted by Gasteiger charge is 2.35. The summed E-state index contributed by atoms with van der Waals surface area (Å²) in [6.07, 6.45) is 1.74. The molecule has 0 amide bonds. The number of ether oxygens (including phenoxy) is 4. The molecule has 0 bridgehead atoms. The maximum atomic E-state index is 14.2. The normalized spacial score (nSPS) is 14.5. The van der Waals surface area contributed by atoms with Gasteiger partial charge < -0.3 is 18.9 Å². The third-order valence-corrected chi connectivity index (χ3v) is 8.44. The number of hydrogen-bond acceptors (Lipinski definition) is 9. The fourth-order valence-corrected chi connectivity index (χ4v) is 6.63. The molecule has 226 valence electrons. The fraction of sp³-hybridized carbons (Fsp3) is 0.212.